The third-order valence-corrected chi connectivity index (χ3v) is 2.72. The average Bonchev–Trinajstić information content (AvgIpc) is 2.81. The molecule has 1 aromatic carbocycles. The fraction of sp³-hybridized carbons (Fsp3) is 0.308. The van der Waals surface area contributed by atoms with Crippen LogP contribution in [0.25, 0.3) is 10.9 Å². The number of nitrogens with two attached hydrogens (primary N) is 1. The molecule has 0 aliphatic heterocycles. The average molecular weight is 263 g/mol. The van der Waals surface area contributed by atoms with E-state index in [4.69, 9.17) is 15.6 Å². The van der Waals surface area contributed by atoms with Gasteiger partial charge in [0.05, 0.1) is 25.4 Å². The van der Waals surface area contributed by atoms with Gasteiger partial charge in [-0.05, 0) is 18.2 Å². The standard InChI is InChI=1S/C13H17N3O3/c14-9-1-2-10-11(8-16-12(10)7-9)13(18)15-3-5-19-6-4-17/h1-2,7-8,16-17H,3-6,14H2,(H,15,18). The first-order valence-electron chi connectivity index (χ1n) is 6.06. The number of H-pyrrole nitrogens is 1. The molecule has 0 aliphatic carbocycles. The second-order valence-corrected chi connectivity index (χ2v) is 4.10. The van der Waals surface area contributed by atoms with Crippen molar-refractivity contribution in [2.75, 3.05) is 32.1 Å². The molecule has 1 amide bonds. The summed E-state index contributed by atoms with van der Waals surface area (Å²) in [6.45, 7) is 1.04. The minimum atomic E-state index is -0.163. The number of benzene rings is 1. The summed E-state index contributed by atoms with van der Waals surface area (Å²) in [7, 11) is 0. The lowest BCUT2D eigenvalue weighted by atomic mass is 10.1. The van der Waals surface area contributed by atoms with Gasteiger partial charge in [0.25, 0.3) is 5.91 Å². The highest BCUT2D eigenvalue weighted by atomic mass is 16.5. The molecule has 0 saturated heterocycles. The number of nitrogens with one attached hydrogen (secondary N) is 2. The van der Waals surface area contributed by atoms with Crippen LogP contribution >= 0.6 is 0 Å². The third kappa shape index (κ3) is 3.24. The van der Waals surface area contributed by atoms with E-state index in [1.165, 1.54) is 0 Å². The highest BCUT2D eigenvalue weighted by Crippen LogP contribution is 2.20. The summed E-state index contributed by atoms with van der Waals surface area (Å²) in [5.41, 5.74) is 7.75. The van der Waals surface area contributed by atoms with E-state index in [2.05, 4.69) is 10.3 Å². The molecule has 0 unspecified atom stereocenters. The zero-order valence-electron chi connectivity index (χ0n) is 10.5. The second kappa shape index (κ2) is 6.21. The molecule has 0 atom stereocenters. The Hall–Kier alpha value is -2.05. The van der Waals surface area contributed by atoms with E-state index >= 15 is 0 Å². The number of ether oxygens (including phenoxy) is 1. The van der Waals surface area contributed by atoms with Crippen molar-refractivity contribution in [2.24, 2.45) is 0 Å². The van der Waals surface area contributed by atoms with E-state index in [-0.39, 0.29) is 19.1 Å². The Kier molecular flexibility index (Phi) is 4.38. The van der Waals surface area contributed by atoms with Crippen LogP contribution in [0.2, 0.25) is 0 Å². The van der Waals surface area contributed by atoms with Crippen molar-refractivity contribution in [3.05, 3.63) is 30.0 Å². The number of aromatic amines is 1. The summed E-state index contributed by atoms with van der Waals surface area (Å²) in [6, 6.07) is 5.37. The van der Waals surface area contributed by atoms with Crippen molar-refractivity contribution in [3.63, 3.8) is 0 Å². The Labute approximate surface area is 110 Å². The van der Waals surface area contributed by atoms with Gasteiger partial charge >= 0.3 is 0 Å². The lowest BCUT2D eigenvalue weighted by molar-refractivity contribution is 0.0839. The molecule has 0 radical (unpaired) electrons. The zero-order valence-corrected chi connectivity index (χ0v) is 10.5. The maximum absolute atomic E-state index is 12.0. The Morgan fingerprint density at radius 3 is 3.05 bits per heavy atom. The van der Waals surface area contributed by atoms with Gasteiger partial charge in [-0.1, -0.05) is 0 Å². The summed E-state index contributed by atoms with van der Waals surface area (Å²) < 4.78 is 5.06. The van der Waals surface area contributed by atoms with Crippen LogP contribution in [-0.4, -0.2) is 42.4 Å². The van der Waals surface area contributed by atoms with Gasteiger partial charge in [-0.15, -0.1) is 0 Å². The maximum Gasteiger partial charge on any atom is 0.253 e. The number of anilines is 1. The van der Waals surface area contributed by atoms with Crippen molar-refractivity contribution in [1.82, 2.24) is 10.3 Å². The Balaban J connectivity index is 1.97. The lowest BCUT2D eigenvalue weighted by Gasteiger charge is -2.05. The molecule has 6 nitrogen and oxygen atoms in total. The van der Waals surface area contributed by atoms with Crippen molar-refractivity contribution in [2.45, 2.75) is 0 Å². The number of fused-ring (bicyclic) bond motifs is 1. The molecule has 0 bridgehead atoms. The van der Waals surface area contributed by atoms with Gasteiger partial charge in [0, 0.05) is 29.3 Å². The summed E-state index contributed by atoms with van der Waals surface area (Å²) in [4.78, 5) is 15.0. The first-order chi connectivity index (χ1) is 9.22. The van der Waals surface area contributed by atoms with Gasteiger partial charge in [-0.2, -0.15) is 0 Å². The van der Waals surface area contributed by atoms with E-state index < -0.39 is 0 Å². The van der Waals surface area contributed by atoms with Gasteiger partial charge in [0.2, 0.25) is 0 Å². The molecule has 1 heterocycles. The molecule has 0 fully saturated rings. The van der Waals surface area contributed by atoms with Gasteiger partial charge in [0.15, 0.2) is 0 Å². The van der Waals surface area contributed by atoms with E-state index in [0.29, 0.717) is 24.4 Å². The summed E-state index contributed by atoms with van der Waals surface area (Å²) >= 11 is 0. The molecule has 6 heteroatoms. The molecule has 1 aromatic heterocycles. The highest BCUT2D eigenvalue weighted by Gasteiger charge is 2.11. The number of aliphatic hydroxyl groups excluding tert-OH is 1. The second-order valence-electron chi connectivity index (χ2n) is 4.10. The van der Waals surface area contributed by atoms with Crippen molar-refractivity contribution >= 4 is 22.5 Å². The van der Waals surface area contributed by atoms with E-state index in [9.17, 15) is 4.79 Å². The van der Waals surface area contributed by atoms with Crippen molar-refractivity contribution in [1.29, 1.82) is 0 Å². The van der Waals surface area contributed by atoms with Crippen LogP contribution in [0, 0.1) is 0 Å². The molecule has 5 N–H and O–H groups in total. The number of hydrogen-bond acceptors (Lipinski definition) is 4. The van der Waals surface area contributed by atoms with Crippen LogP contribution in [0.15, 0.2) is 24.4 Å². The smallest absolute Gasteiger partial charge is 0.253 e. The maximum atomic E-state index is 12.0. The number of hydrogen-bond donors (Lipinski definition) is 4. The molecule has 0 saturated carbocycles. The lowest BCUT2D eigenvalue weighted by Crippen LogP contribution is -2.27. The molecular weight excluding hydrogens is 246 g/mol. The fourth-order valence-corrected chi connectivity index (χ4v) is 1.83. The minimum absolute atomic E-state index is 0.0161. The topological polar surface area (TPSA) is 100 Å². The molecule has 2 aromatic rings. The number of carbonyl (C=O) groups is 1. The Bertz CT molecular complexity index is 565. The number of rotatable bonds is 6. The minimum Gasteiger partial charge on any atom is -0.399 e. The van der Waals surface area contributed by atoms with E-state index in [1.54, 1.807) is 18.3 Å². The van der Waals surface area contributed by atoms with Crippen molar-refractivity contribution < 1.29 is 14.6 Å². The van der Waals surface area contributed by atoms with Crippen LogP contribution in [0.5, 0.6) is 0 Å². The molecule has 2 rings (SSSR count). The molecular formula is C13H17N3O3. The molecule has 19 heavy (non-hydrogen) atoms. The quantitative estimate of drug-likeness (QED) is 0.450. The molecule has 0 spiro atoms. The first kappa shape index (κ1) is 13.4. The Morgan fingerprint density at radius 1 is 1.42 bits per heavy atom. The van der Waals surface area contributed by atoms with Gasteiger partial charge in [-0.25, -0.2) is 0 Å². The summed E-state index contributed by atoms with van der Waals surface area (Å²) in [6.07, 6.45) is 1.66. The van der Waals surface area contributed by atoms with E-state index in [1.807, 2.05) is 6.07 Å². The van der Waals surface area contributed by atoms with Crippen LogP contribution < -0.4 is 11.1 Å². The van der Waals surface area contributed by atoms with Crippen molar-refractivity contribution in [3.8, 4) is 0 Å². The van der Waals surface area contributed by atoms with Crippen LogP contribution in [0.3, 0.4) is 0 Å². The van der Waals surface area contributed by atoms with E-state index in [0.717, 1.165) is 10.9 Å². The van der Waals surface area contributed by atoms with Gasteiger partial charge in [0.1, 0.15) is 0 Å². The predicted molar refractivity (Wildman–Crippen MR) is 72.9 cm³/mol. The predicted octanol–water partition coefficient (Wildman–Crippen LogP) is 0.489. The SMILES string of the molecule is Nc1ccc2c(C(=O)NCCOCCO)c[nH]c2c1. The number of aromatic nitrogens is 1. The highest BCUT2D eigenvalue weighted by molar-refractivity contribution is 6.07. The van der Waals surface area contributed by atoms with Gasteiger partial charge in [-0.3, -0.25) is 4.79 Å². The van der Waals surface area contributed by atoms with Crippen LogP contribution in [0.1, 0.15) is 10.4 Å². The van der Waals surface area contributed by atoms with Crippen LogP contribution in [0.4, 0.5) is 5.69 Å². The number of carbonyl (C=O) groups excluding carboxylic acids is 1. The Morgan fingerprint density at radius 2 is 2.26 bits per heavy atom. The number of nitrogen functional groups attached to an aromatic ring is 1. The first-order valence-corrected chi connectivity index (χ1v) is 6.06. The number of amides is 1. The zero-order chi connectivity index (χ0) is 13.7. The summed E-state index contributed by atoms with van der Waals surface area (Å²) in [5.74, 6) is -0.163. The fourth-order valence-electron chi connectivity index (χ4n) is 1.83. The summed E-state index contributed by atoms with van der Waals surface area (Å²) in [5, 5.41) is 12.1. The molecule has 0 aliphatic rings. The third-order valence-electron chi connectivity index (χ3n) is 2.72. The monoisotopic (exact) mass is 263 g/mol. The molecule has 102 valence electrons. The normalized spacial score (nSPS) is 10.8. The van der Waals surface area contributed by atoms with Crippen LogP contribution in [-0.2, 0) is 4.74 Å². The largest absolute Gasteiger partial charge is 0.399 e. The number of aliphatic hydroxyl groups is 1. The van der Waals surface area contributed by atoms with Gasteiger partial charge < -0.3 is 25.9 Å².